The van der Waals surface area contributed by atoms with Crippen molar-refractivity contribution in [2.45, 2.75) is 38.3 Å². The van der Waals surface area contributed by atoms with E-state index in [4.69, 9.17) is 0 Å². The predicted molar refractivity (Wildman–Crippen MR) is 67.7 cm³/mol. The lowest BCUT2D eigenvalue weighted by molar-refractivity contribution is -0.142. The van der Waals surface area contributed by atoms with Crippen LogP contribution in [-0.4, -0.2) is 39.0 Å². The Kier molecular flexibility index (Phi) is 2.77. The number of aryl methyl sites for hydroxylation is 1. The van der Waals surface area contributed by atoms with Crippen molar-refractivity contribution in [3.05, 3.63) is 29.6 Å². The van der Waals surface area contributed by atoms with Crippen molar-refractivity contribution in [2.75, 3.05) is 0 Å². The summed E-state index contributed by atoms with van der Waals surface area (Å²) in [6.07, 6.45) is 5.56. The Morgan fingerprint density at radius 3 is 2.79 bits per heavy atom. The Morgan fingerprint density at radius 1 is 1.37 bits per heavy atom. The first kappa shape index (κ1) is 12.1. The Hall–Kier alpha value is -1.91. The van der Waals surface area contributed by atoms with Crippen LogP contribution in [0.3, 0.4) is 0 Å². The molecule has 3 heterocycles. The number of amides is 1. The van der Waals surface area contributed by atoms with Gasteiger partial charge < -0.3 is 10.0 Å². The monoisotopic (exact) mass is 260 g/mol. The summed E-state index contributed by atoms with van der Waals surface area (Å²) in [6.45, 7) is 1.89. The van der Waals surface area contributed by atoms with E-state index < -0.39 is 11.9 Å². The molecule has 0 spiro atoms. The molecule has 3 rings (SSSR count). The number of carboxylic acid groups (broad SMARTS) is 1. The van der Waals surface area contributed by atoms with E-state index in [0.717, 1.165) is 18.4 Å². The van der Waals surface area contributed by atoms with Crippen LogP contribution in [0.15, 0.2) is 18.5 Å². The van der Waals surface area contributed by atoms with E-state index >= 15 is 0 Å². The van der Waals surface area contributed by atoms with Gasteiger partial charge in [-0.15, -0.1) is 0 Å². The zero-order valence-corrected chi connectivity index (χ0v) is 10.7. The standard InChI is InChI=1S/C14H16N2O3/c1-8-4-9(7-15-6-8)13(17)16-10-2-3-12(16)11(5-10)14(18)19/h4,6-7,10-12H,2-3,5H2,1H3,(H,18,19). The van der Waals surface area contributed by atoms with E-state index in [0.29, 0.717) is 12.0 Å². The van der Waals surface area contributed by atoms with E-state index in [9.17, 15) is 14.7 Å². The number of rotatable bonds is 2. The highest BCUT2D eigenvalue weighted by Crippen LogP contribution is 2.42. The van der Waals surface area contributed by atoms with Crippen LogP contribution in [0.1, 0.15) is 35.2 Å². The third-order valence-electron chi connectivity index (χ3n) is 4.21. The summed E-state index contributed by atoms with van der Waals surface area (Å²) < 4.78 is 0. The van der Waals surface area contributed by atoms with Gasteiger partial charge in [-0.25, -0.2) is 0 Å². The minimum Gasteiger partial charge on any atom is -0.481 e. The molecule has 0 aromatic carbocycles. The summed E-state index contributed by atoms with van der Waals surface area (Å²) >= 11 is 0. The zero-order valence-electron chi connectivity index (χ0n) is 10.7. The van der Waals surface area contributed by atoms with Crippen LogP contribution < -0.4 is 0 Å². The summed E-state index contributed by atoms with van der Waals surface area (Å²) in [5.41, 5.74) is 1.50. The topological polar surface area (TPSA) is 70.5 Å². The molecule has 100 valence electrons. The van der Waals surface area contributed by atoms with E-state index in [2.05, 4.69) is 4.98 Å². The van der Waals surface area contributed by atoms with E-state index in [1.165, 1.54) is 0 Å². The first-order valence-corrected chi connectivity index (χ1v) is 6.55. The van der Waals surface area contributed by atoms with Crippen LogP contribution >= 0.6 is 0 Å². The number of carbonyl (C=O) groups is 2. The highest BCUT2D eigenvalue weighted by atomic mass is 16.4. The fourth-order valence-corrected chi connectivity index (χ4v) is 3.39. The molecule has 2 saturated heterocycles. The molecule has 2 fully saturated rings. The van der Waals surface area contributed by atoms with Crippen LogP contribution in [0, 0.1) is 12.8 Å². The largest absolute Gasteiger partial charge is 0.481 e. The molecule has 1 aromatic heterocycles. The van der Waals surface area contributed by atoms with Gasteiger partial charge >= 0.3 is 5.97 Å². The Balaban J connectivity index is 1.87. The van der Waals surface area contributed by atoms with E-state index in [1.807, 2.05) is 13.0 Å². The molecule has 0 saturated carbocycles. The van der Waals surface area contributed by atoms with Gasteiger partial charge in [-0.1, -0.05) is 0 Å². The first-order valence-electron chi connectivity index (χ1n) is 6.55. The molecular weight excluding hydrogens is 244 g/mol. The summed E-state index contributed by atoms with van der Waals surface area (Å²) in [6, 6.07) is 1.75. The Morgan fingerprint density at radius 2 is 2.16 bits per heavy atom. The van der Waals surface area contributed by atoms with Crippen molar-refractivity contribution >= 4 is 11.9 Å². The normalized spacial score (nSPS) is 28.7. The van der Waals surface area contributed by atoms with Gasteiger partial charge in [0.1, 0.15) is 0 Å². The van der Waals surface area contributed by atoms with Gasteiger partial charge in [0.05, 0.1) is 11.5 Å². The summed E-state index contributed by atoms with van der Waals surface area (Å²) in [4.78, 5) is 29.5. The van der Waals surface area contributed by atoms with Crippen molar-refractivity contribution in [2.24, 2.45) is 5.92 Å². The van der Waals surface area contributed by atoms with Crippen molar-refractivity contribution in [1.82, 2.24) is 9.88 Å². The van der Waals surface area contributed by atoms with Crippen molar-refractivity contribution in [3.63, 3.8) is 0 Å². The van der Waals surface area contributed by atoms with Crippen molar-refractivity contribution < 1.29 is 14.7 Å². The fourth-order valence-electron chi connectivity index (χ4n) is 3.39. The summed E-state index contributed by atoms with van der Waals surface area (Å²) in [7, 11) is 0. The predicted octanol–water partition coefficient (Wildman–Crippen LogP) is 1.47. The number of nitrogens with zero attached hydrogens (tertiary/aromatic N) is 2. The van der Waals surface area contributed by atoms with Crippen molar-refractivity contribution in [3.8, 4) is 0 Å². The lowest BCUT2D eigenvalue weighted by Gasteiger charge is -2.23. The molecule has 3 unspecified atom stereocenters. The number of fused-ring (bicyclic) bond motifs is 2. The van der Waals surface area contributed by atoms with Gasteiger partial charge in [-0.05, 0) is 37.8 Å². The molecule has 2 aliphatic rings. The van der Waals surface area contributed by atoms with E-state index in [1.54, 1.807) is 17.3 Å². The summed E-state index contributed by atoms with van der Waals surface area (Å²) in [5.74, 6) is -1.26. The highest BCUT2D eigenvalue weighted by molar-refractivity contribution is 5.95. The molecule has 19 heavy (non-hydrogen) atoms. The minimum absolute atomic E-state index is 0.0764. The number of aliphatic carboxylic acids is 1. The van der Waals surface area contributed by atoms with Gasteiger partial charge in [-0.2, -0.15) is 0 Å². The molecular formula is C14H16N2O3. The molecule has 3 atom stereocenters. The maximum absolute atomic E-state index is 12.5. The zero-order chi connectivity index (χ0) is 13.6. The molecule has 1 amide bonds. The number of pyridine rings is 1. The second kappa shape index (κ2) is 4.33. The lowest BCUT2D eigenvalue weighted by atomic mass is 9.89. The maximum atomic E-state index is 12.5. The second-order valence-electron chi connectivity index (χ2n) is 5.44. The van der Waals surface area contributed by atoms with Gasteiger partial charge in [0.2, 0.25) is 0 Å². The quantitative estimate of drug-likeness (QED) is 0.874. The average Bonchev–Trinajstić information content (AvgIpc) is 2.95. The van der Waals surface area contributed by atoms with Gasteiger partial charge in [0, 0.05) is 24.5 Å². The average molecular weight is 260 g/mol. The molecule has 1 N–H and O–H groups in total. The molecule has 1 aromatic rings. The van der Waals surface area contributed by atoms with E-state index in [-0.39, 0.29) is 18.0 Å². The number of carboxylic acids is 1. The number of carbonyl (C=O) groups excluding carboxylic acids is 1. The van der Waals surface area contributed by atoms with Crippen LogP contribution in [-0.2, 0) is 4.79 Å². The third-order valence-corrected chi connectivity index (χ3v) is 4.21. The first-order chi connectivity index (χ1) is 9.08. The number of hydrogen-bond donors (Lipinski definition) is 1. The lowest BCUT2D eigenvalue weighted by Crippen LogP contribution is -2.37. The fraction of sp³-hybridized carbons (Fsp3) is 0.500. The van der Waals surface area contributed by atoms with Crippen LogP contribution in [0.5, 0.6) is 0 Å². The van der Waals surface area contributed by atoms with Crippen molar-refractivity contribution in [1.29, 1.82) is 0 Å². The van der Waals surface area contributed by atoms with Crippen LogP contribution in [0.4, 0.5) is 0 Å². The SMILES string of the molecule is Cc1cncc(C(=O)N2C3CCC2C(C(=O)O)C3)c1. The van der Waals surface area contributed by atoms with Crippen LogP contribution in [0.25, 0.3) is 0 Å². The van der Waals surface area contributed by atoms with Crippen LogP contribution in [0.2, 0.25) is 0 Å². The second-order valence-corrected chi connectivity index (χ2v) is 5.44. The number of hydrogen-bond acceptors (Lipinski definition) is 3. The smallest absolute Gasteiger partial charge is 0.308 e. The van der Waals surface area contributed by atoms with Gasteiger partial charge in [0.15, 0.2) is 0 Å². The molecule has 2 bridgehead atoms. The molecule has 5 nitrogen and oxygen atoms in total. The Bertz CT molecular complexity index is 543. The van der Waals surface area contributed by atoms with Gasteiger partial charge in [-0.3, -0.25) is 14.6 Å². The third kappa shape index (κ3) is 1.89. The minimum atomic E-state index is -0.785. The van der Waals surface area contributed by atoms with Gasteiger partial charge in [0.25, 0.3) is 5.91 Å². The molecule has 0 radical (unpaired) electrons. The molecule has 2 aliphatic heterocycles. The Labute approximate surface area is 111 Å². The number of aromatic nitrogens is 1. The molecule has 0 aliphatic carbocycles. The maximum Gasteiger partial charge on any atom is 0.308 e. The highest BCUT2D eigenvalue weighted by Gasteiger charge is 2.51. The summed E-state index contributed by atoms with van der Waals surface area (Å²) in [5, 5.41) is 9.20. The molecule has 5 heteroatoms.